The number of H-pyrrole nitrogens is 1. The van der Waals surface area contributed by atoms with Gasteiger partial charge in [0.15, 0.2) is 24.7 Å². The van der Waals surface area contributed by atoms with Crippen LogP contribution in [0.25, 0.3) is 10.8 Å². The Morgan fingerprint density at radius 1 is 0.878 bits per heavy atom. The van der Waals surface area contributed by atoms with E-state index in [0.717, 1.165) is 37.9 Å². The second-order valence-corrected chi connectivity index (χ2v) is 21.1. The van der Waals surface area contributed by atoms with Crippen LogP contribution in [-0.2, 0) is 57.8 Å². The fourth-order valence-corrected chi connectivity index (χ4v) is 9.81. The zero-order valence-corrected chi connectivity index (χ0v) is 48.4. The van der Waals surface area contributed by atoms with Crippen molar-refractivity contribution < 1.29 is 52.3 Å². The number of fused-ring (bicyclic) bond motifs is 1. The minimum absolute atomic E-state index is 0. The van der Waals surface area contributed by atoms with Crippen LogP contribution in [0.1, 0.15) is 78.7 Å². The number of hydrogen-bond donors (Lipinski definition) is 6. The molecule has 20 nitrogen and oxygen atoms in total. The van der Waals surface area contributed by atoms with Gasteiger partial charge in [0, 0.05) is 106 Å². The average Bonchev–Trinajstić information content (AvgIpc) is 4.41. The van der Waals surface area contributed by atoms with Crippen molar-refractivity contribution in [1.82, 2.24) is 25.8 Å². The molecule has 0 fully saturated rings. The molecular weight excluding hydrogens is 1110 g/mol. The summed E-state index contributed by atoms with van der Waals surface area (Å²) in [4.78, 5) is 108. The summed E-state index contributed by atoms with van der Waals surface area (Å²) < 4.78 is 19.4. The number of carbonyl (C=O) groups excluding carboxylic acids is 7. The number of nitrogens with two attached hydrogens (primary N) is 1. The van der Waals surface area contributed by atoms with Gasteiger partial charge in [0.1, 0.15) is 0 Å². The number of aryl methyl sites for hydroxylation is 1. The number of imide groups is 1. The first kappa shape index (κ1) is 63.2. The first-order chi connectivity index (χ1) is 39.0. The number of benzene rings is 3. The molecule has 0 unspecified atom stereocenters. The van der Waals surface area contributed by atoms with Gasteiger partial charge >= 0.3 is 6.03 Å². The lowest BCUT2D eigenvalue weighted by Gasteiger charge is -2.24. The number of terminal acetylenes is 1. The number of anilines is 2. The molecule has 0 bridgehead atoms. The predicted molar refractivity (Wildman–Crippen MR) is 314 cm³/mol. The van der Waals surface area contributed by atoms with Crippen LogP contribution in [0.2, 0.25) is 0 Å². The lowest BCUT2D eigenvalue weighted by molar-refractivity contribution is -0.688. The van der Waals surface area contributed by atoms with Gasteiger partial charge in [-0.1, -0.05) is 47.8 Å². The van der Waals surface area contributed by atoms with E-state index in [1.54, 1.807) is 24.3 Å². The number of pyridine rings is 2. The molecule has 21 heteroatoms. The molecule has 434 valence electrons. The molecule has 3 heterocycles. The molecule has 3 aromatic carbocycles. The van der Waals surface area contributed by atoms with Crippen LogP contribution in [0.5, 0.6) is 0 Å². The van der Waals surface area contributed by atoms with Crippen molar-refractivity contribution in [2.75, 3.05) is 69.5 Å². The number of likely N-dealkylation sites (tertiary alicyclic amines) is 1. The van der Waals surface area contributed by atoms with Gasteiger partial charge in [-0.05, 0) is 97.3 Å². The lowest BCUT2D eigenvalue weighted by atomic mass is 9.89. The summed E-state index contributed by atoms with van der Waals surface area (Å²) in [6, 6.07) is 22.5. The topological polar surface area (TPSA) is 265 Å². The number of carbonyl (C=O) groups is 7. The van der Waals surface area contributed by atoms with Crippen LogP contribution in [0.4, 0.5) is 16.2 Å². The number of Topliss-reactive ketones (excluding diaryl/α,β-unsaturated/α-hetero) is 1. The monoisotopic (exact) mass is 1190 g/mol. The van der Waals surface area contributed by atoms with E-state index in [-0.39, 0.29) is 133 Å². The highest BCUT2D eigenvalue weighted by Crippen LogP contribution is 2.40. The van der Waals surface area contributed by atoms with Gasteiger partial charge < -0.3 is 58.5 Å². The van der Waals surface area contributed by atoms with Crippen molar-refractivity contribution in [3.63, 3.8) is 0 Å². The van der Waals surface area contributed by atoms with Crippen LogP contribution in [-0.4, -0.2) is 117 Å². The summed E-state index contributed by atoms with van der Waals surface area (Å²) in [6.45, 7) is 8.74. The number of urea groups is 1. The Morgan fingerprint density at radius 2 is 1.56 bits per heavy atom. The zero-order chi connectivity index (χ0) is 58.0. The minimum Gasteiger partial charge on any atom is -0.379 e. The molecule has 1 aliphatic carbocycles. The third kappa shape index (κ3) is 18.2. The zero-order valence-electron chi connectivity index (χ0n) is 46.8. The summed E-state index contributed by atoms with van der Waals surface area (Å²) in [5, 5.41) is 12.7. The number of aromatic amines is 1. The average molecular weight is 1190 g/mol. The molecule has 2 aliphatic rings. The van der Waals surface area contributed by atoms with E-state index in [1.807, 2.05) is 97.2 Å². The van der Waals surface area contributed by atoms with Gasteiger partial charge in [-0.15, -0.1) is 6.42 Å². The van der Waals surface area contributed by atoms with Gasteiger partial charge in [0.05, 0.1) is 58.8 Å². The second-order valence-electron chi connectivity index (χ2n) is 20.2. The van der Waals surface area contributed by atoms with Crippen LogP contribution in [0, 0.1) is 38.5 Å². The molecular formula is C61H72BrN9O11. The van der Waals surface area contributed by atoms with E-state index in [1.165, 1.54) is 4.90 Å². The first-order valence-electron chi connectivity index (χ1n) is 26.9. The molecule has 7 rings (SSSR count). The van der Waals surface area contributed by atoms with Crippen LogP contribution < -0.4 is 42.0 Å². The van der Waals surface area contributed by atoms with Crippen LogP contribution in [0.15, 0.2) is 112 Å². The largest absolute Gasteiger partial charge is 0.379 e. The van der Waals surface area contributed by atoms with E-state index in [9.17, 15) is 38.4 Å². The number of halogens is 1. The van der Waals surface area contributed by atoms with E-state index in [4.69, 9.17) is 26.4 Å². The maximum atomic E-state index is 13.8. The predicted octanol–water partition coefficient (Wildman–Crippen LogP) is 5.57. The standard InChI is InChI=1S/C60H68BrN9O11.CH3/c1-5-20-69(37-45-30-48-44(31-51(45)61)29-39(4)65-57(48)75)47-16-12-42(13-17-47)55(73)64-34-41-8-7-21-68(36-41)35-40-10-14-46(15-11-40)66-56(74)43(9-6-19-63-60(62)78)32-52(71)54(38(2)3)67-53(72)18-23-79-25-27-81-28-26-80-24-22-70-58(76)49-33-50(49)59(70)77;/h1,7-8,10-17,21,29-31,36,38,43,54H,6,9,18-20,22-28,32-35,37H2,2-4H3,(H6-,62,63,64,65,66,67,72,73,74,75,78);1H3/q;-1/p+1/t43-,54+;/m1./s1. The van der Waals surface area contributed by atoms with E-state index < -0.39 is 18.0 Å². The van der Waals surface area contributed by atoms with E-state index >= 15 is 0 Å². The van der Waals surface area contributed by atoms with Crippen molar-refractivity contribution in [2.24, 2.45) is 17.6 Å². The Hall–Kier alpha value is -8.03. The summed E-state index contributed by atoms with van der Waals surface area (Å²) in [6.07, 6.45) is 10.6. The number of piperidine rings is 1. The molecule has 0 spiro atoms. The maximum Gasteiger partial charge on any atom is 0.312 e. The Bertz CT molecular complexity index is 3220. The van der Waals surface area contributed by atoms with Crippen LogP contribution in [0.3, 0.4) is 0 Å². The fourth-order valence-electron chi connectivity index (χ4n) is 9.32. The minimum atomic E-state index is -0.858. The number of amides is 7. The molecule has 1 aliphatic heterocycles. The molecule has 2 aromatic heterocycles. The highest BCUT2D eigenvalue weighted by atomic mass is 79.9. The van der Waals surface area contributed by atoms with Gasteiger partial charge in [0.25, 0.3) is 23.3 Å². The Morgan fingerprint density at radius 3 is 2.23 bits per heavy atom. The Kier molecular flexibility index (Phi) is 23.6. The molecule has 0 saturated heterocycles. The van der Waals surface area contributed by atoms with Crippen molar-refractivity contribution in [1.29, 1.82) is 0 Å². The third-order valence-electron chi connectivity index (χ3n) is 13.7. The molecule has 5 aromatic rings. The molecule has 7 amide bonds. The van der Waals surface area contributed by atoms with Gasteiger partial charge in [-0.25, -0.2) is 9.36 Å². The normalized spacial score (nSPS) is 13.2. The number of primary amides is 1. The third-order valence-corrected chi connectivity index (χ3v) is 14.4. The number of nitrogens with zero attached hydrogens (tertiary/aromatic N) is 3. The number of ether oxygens (including phenoxy) is 3. The number of rotatable bonds is 32. The molecule has 2 atom stereocenters. The van der Waals surface area contributed by atoms with E-state index in [2.05, 4.69) is 48.1 Å². The quantitative estimate of drug-likeness (QED) is 0.0102. The Labute approximate surface area is 486 Å². The molecule has 0 radical (unpaired) electrons. The summed E-state index contributed by atoms with van der Waals surface area (Å²) in [7, 11) is 0. The van der Waals surface area contributed by atoms with Crippen LogP contribution >= 0.6 is 15.9 Å². The van der Waals surface area contributed by atoms with Crippen molar-refractivity contribution in [3.05, 3.63) is 153 Å². The molecule has 7 N–H and O–H groups in total. The summed E-state index contributed by atoms with van der Waals surface area (Å²) in [5.74, 6) is -0.119. The summed E-state index contributed by atoms with van der Waals surface area (Å²) in [5.41, 5.74) is 11.6. The fraction of sp³-hybridized carbons (Fsp3) is 0.377. The lowest BCUT2D eigenvalue weighted by Crippen LogP contribution is -2.45. The van der Waals surface area contributed by atoms with Gasteiger partial charge in [-0.2, -0.15) is 0 Å². The van der Waals surface area contributed by atoms with Crippen molar-refractivity contribution in [3.8, 4) is 12.3 Å². The number of aromatic nitrogens is 2. The van der Waals surface area contributed by atoms with Gasteiger partial charge in [0.2, 0.25) is 11.8 Å². The smallest absolute Gasteiger partial charge is 0.312 e. The first-order valence-corrected chi connectivity index (χ1v) is 27.7. The molecule has 82 heavy (non-hydrogen) atoms. The second kappa shape index (κ2) is 30.7. The summed E-state index contributed by atoms with van der Waals surface area (Å²) >= 11 is 3.67. The maximum absolute atomic E-state index is 13.8. The number of nitrogens with one attached hydrogen (secondary N) is 5. The number of hydrogen-bond acceptors (Lipinski definition) is 12. The molecule has 0 saturated carbocycles. The SMILES string of the molecule is C#CCN(Cc1cc2c(=O)[nH]c(C)cc2cc1Br)c1ccc(C(=O)NCc2ccc[n+](Cc3ccc(NC(=O)[C@H](CCCNC(N)=O)CC(=O)[C@@H](NC(=O)CCOCCOCCOCCN4C(=O)C5=C(C5)C4=O)C(C)C)cc3)c2)cc1.[CH3-]. The highest BCUT2D eigenvalue weighted by Gasteiger charge is 2.46. The number of ketones is 1. The van der Waals surface area contributed by atoms with Crippen molar-refractivity contribution in [2.45, 2.75) is 78.6 Å². The highest BCUT2D eigenvalue weighted by molar-refractivity contribution is 9.10. The van der Waals surface area contributed by atoms with Crippen molar-refractivity contribution >= 4 is 79.4 Å². The van der Waals surface area contributed by atoms with E-state index in [0.29, 0.717) is 60.3 Å². The Balaban J connectivity index is 0.0000108. The van der Waals surface area contributed by atoms with Gasteiger partial charge in [-0.3, -0.25) is 38.5 Å².